The van der Waals surface area contributed by atoms with E-state index < -0.39 is 0 Å². The van der Waals surface area contributed by atoms with E-state index in [1.54, 1.807) is 23.2 Å². The van der Waals surface area contributed by atoms with Crippen LogP contribution >= 0.6 is 0 Å². The smallest absolute Gasteiger partial charge is 0.258 e. The largest absolute Gasteiger partial charge is 0.393 e. The van der Waals surface area contributed by atoms with Crippen molar-refractivity contribution in [3.8, 4) is 0 Å². The van der Waals surface area contributed by atoms with Crippen LogP contribution in [0.15, 0.2) is 30.5 Å². The number of aliphatic hydroxyl groups excluding tert-OH is 1. The third kappa shape index (κ3) is 3.19. The Morgan fingerprint density at radius 3 is 2.64 bits per heavy atom. The molecule has 2 aromatic rings. The van der Waals surface area contributed by atoms with Crippen LogP contribution in [0.1, 0.15) is 34.5 Å². The summed E-state index contributed by atoms with van der Waals surface area (Å²) in [5.74, 6) is 0.226. The summed E-state index contributed by atoms with van der Waals surface area (Å²) in [4.78, 5) is 25.2. The standard InChI is InChI=1S/C18H19FN4O2/c19-13-3-1-12(2-4-13)10-23-11-16-15(17(23)25)9-20-18(21-16)22-7-5-14(24)6-8-22/h1-4,9,14,24H,5-8,10-11H2. The number of rotatable bonds is 3. The summed E-state index contributed by atoms with van der Waals surface area (Å²) in [5.41, 5.74) is 2.13. The molecule has 1 fully saturated rings. The Morgan fingerprint density at radius 2 is 1.92 bits per heavy atom. The molecule has 0 atom stereocenters. The molecule has 1 aromatic carbocycles. The summed E-state index contributed by atoms with van der Waals surface area (Å²) in [5, 5.41) is 9.61. The van der Waals surface area contributed by atoms with Crippen molar-refractivity contribution in [3.63, 3.8) is 0 Å². The number of fused-ring (bicyclic) bond motifs is 1. The second-order valence-corrected chi connectivity index (χ2v) is 6.54. The summed E-state index contributed by atoms with van der Waals surface area (Å²) in [6.45, 7) is 2.28. The average molecular weight is 342 g/mol. The molecule has 1 aromatic heterocycles. The van der Waals surface area contributed by atoms with Gasteiger partial charge in [-0.2, -0.15) is 0 Å². The molecule has 25 heavy (non-hydrogen) atoms. The van der Waals surface area contributed by atoms with Crippen molar-refractivity contribution in [2.75, 3.05) is 18.0 Å². The van der Waals surface area contributed by atoms with E-state index in [0.717, 1.165) is 11.3 Å². The Kier molecular flexibility index (Phi) is 4.09. The number of hydrogen-bond donors (Lipinski definition) is 1. The summed E-state index contributed by atoms with van der Waals surface area (Å²) in [6.07, 6.45) is 2.75. The number of benzene rings is 1. The fourth-order valence-electron chi connectivity index (χ4n) is 3.28. The predicted molar refractivity (Wildman–Crippen MR) is 89.5 cm³/mol. The summed E-state index contributed by atoms with van der Waals surface area (Å²) >= 11 is 0. The van der Waals surface area contributed by atoms with Gasteiger partial charge in [0.25, 0.3) is 5.91 Å². The summed E-state index contributed by atoms with van der Waals surface area (Å²) < 4.78 is 13.0. The Balaban J connectivity index is 1.50. The zero-order chi connectivity index (χ0) is 17.4. The highest BCUT2D eigenvalue weighted by molar-refractivity contribution is 5.97. The van der Waals surface area contributed by atoms with Gasteiger partial charge >= 0.3 is 0 Å². The Hall–Kier alpha value is -2.54. The van der Waals surface area contributed by atoms with E-state index in [2.05, 4.69) is 9.97 Å². The monoisotopic (exact) mass is 342 g/mol. The molecule has 0 unspecified atom stereocenters. The van der Waals surface area contributed by atoms with Gasteiger partial charge in [-0.05, 0) is 30.5 Å². The highest BCUT2D eigenvalue weighted by Crippen LogP contribution is 2.25. The normalized spacial score (nSPS) is 17.9. The van der Waals surface area contributed by atoms with Crippen LogP contribution in [0.25, 0.3) is 0 Å². The van der Waals surface area contributed by atoms with Gasteiger partial charge in [-0.3, -0.25) is 4.79 Å². The van der Waals surface area contributed by atoms with Gasteiger partial charge in [-0.1, -0.05) is 12.1 Å². The lowest BCUT2D eigenvalue weighted by molar-refractivity contribution is 0.0766. The first-order chi connectivity index (χ1) is 12.1. The van der Waals surface area contributed by atoms with E-state index in [9.17, 15) is 14.3 Å². The number of amides is 1. The predicted octanol–water partition coefficient (Wildman–Crippen LogP) is 1.73. The minimum atomic E-state index is -0.290. The van der Waals surface area contributed by atoms with E-state index >= 15 is 0 Å². The molecule has 1 saturated heterocycles. The van der Waals surface area contributed by atoms with Gasteiger partial charge < -0.3 is 14.9 Å². The van der Waals surface area contributed by atoms with Crippen LogP contribution in [0.4, 0.5) is 10.3 Å². The van der Waals surface area contributed by atoms with Gasteiger partial charge in [-0.15, -0.1) is 0 Å². The fourth-order valence-corrected chi connectivity index (χ4v) is 3.28. The highest BCUT2D eigenvalue weighted by atomic mass is 19.1. The first kappa shape index (κ1) is 16.0. The first-order valence-electron chi connectivity index (χ1n) is 8.43. The van der Waals surface area contributed by atoms with E-state index in [1.165, 1.54) is 12.1 Å². The number of halogens is 1. The Bertz CT molecular complexity index is 788. The van der Waals surface area contributed by atoms with Crippen LogP contribution in [0, 0.1) is 5.82 Å². The number of aromatic nitrogens is 2. The van der Waals surface area contributed by atoms with E-state index in [0.29, 0.717) is 50.5 Å². The molecule has 2 aliphatic rings. The minimum absolute atomic E-state index is 0.0973. The number of nitrogens with zero attached hydrogens (tertiary/aromatic N) is 4. The number of aliphatic hydroxyl groups is 1. The van der Waals surface area contributed by atoms with Crippen molar-refractivity contribution in [1.82, 2.24) is 14.9 Å². The van der Waals surface area contributed by atoms with Gasteiger partial charge in [0.15, 0.2) is 0 Å². The lowest BCUT2D eigenvalue weighted by atomic mass is 10.1. The van der Waals surface area contributed by atoms with Gasteiger partial charge in [0, 0.05) is 25.8 Å². The third-order valence-electron chi connectivity index (χ3n) is 4.75. The van der Waals surface area contributed by atoms with Crippen LogP contribution in [0.2, 0.25) is 0 Å². The molecular weight excluding hydrogens is 323 g/mol. The molecule has 0 saturated carbocycles. The maximum atomic E-state index is 13.0. The first-order valence-corrected chi connectivity index (χ1v) is 8.43. The lowest BCUT2D eigenvalue weighted by Crippen LogP contribution is -2.37. The molecular formula is C18H19FN4O2. The molecule has 1 amide bonds. The van der Waals surface area contributed by atoms with Crippen molar-refractivity contribution < 1.29 is 14.3 Å². The number of hydrogen-bond acceptors (Lipinski definition) is 5. The molecule has 3 heterocycles. The van der Waals surface area contributed by atoms with Crippen LogP contribution < -0.4 is 4.90 Å². The molecule has 0 aliphatic carbocycles. The quantitative estimate of drug-likeness (QED) is 0.920. The lowest BCUT2D eigenvalue weighted by Gasteiger charge is -2.29. The summed E-state index contributed by atoms with van der Waals surface area (Å²) in [6, 6.07) is 6.15. The van der Waals surface area contributed by atoms with E-state index in [4.69, 9.17) is 0 Å². The zero-order valence-electron chi connectivity index (χ0n) is 13.7. The van der Waals surface area contributed by atoms with Crippen molar-refractivity contribution in [2.24, 2.45) is 0 Å². The molecule has 6 nitrogen and oxygen atoms in total. The van der Waals surface area contributed by atoms with E-state index in [1.807, 2.05) is 4.90 Å². The van der Waals surface area contributed by atoms with Crippen molar-refractivity contribution in [2.45, 2.75) is 32.0 Å². The number of carbonyl (C=O) groups excluding carboxylic acids is 1. The topological polar surface area (TPSA) is 69.6 Å². The van der Waals surface area contributed by atoms with Crippen molar-refractivity contribution in [1.29, 1.82) is 0 Å². The minimum Gasteiger partial charge on any atom is -0.393 e. The van der Waals surface area contributed by atoms with E-state index in [-0.39, 0.29) is 17.8 Å². The van der Waals surface area contributed by atoms with Crippen LogP contribution in [0.3, 0.4) is 0 Å². The van der Waals surface area contributed by atoms with Crippen LogP contribution in [-0.2, 0) is 13.1 Å². The highest BCUT2D eigenvalue weighted by Gasteiger charge is 2.30. The zero-order valence-corrected chi connectivity index (χ0v) is 13.7. The number of carbonyl (C=O) groups is 1. The van der Waals surface area contributed by atoms with Crippen molar-refractivity contribution >= 4 is 11.9 Å². The maximum Gasteiger partial charge on any atom is 0.258 e. The molecule has 7 heteroatoms. The molecule has 0 spiro atoms. The second kappa shape index (κ2) is 6.40. The second-order valence-electron chi connectivity index (χ2n) is 6.54. The summed E-state index contributed by atoms with van der Waals surface area (Å²) in [7, 11) is 0. The van der Waals surface area contributed by atoms with Gasteiger partial charge in [0.1, 0.15) is 5.82 Å². The maximum absolute atomic E-state index is 13.0. The molecule has 0 radical (unpaired) electrons. The van der Waals surface area contributed by atoms with Crippen molar-refractivity contribution in [3.05, 3.63) is 53.1 Å². The fraction of sp³-hybridized carbons (Fsp3) is 0.389. The number of piperidine rings is 1. The van der Waals surface area contributed by atoms with Crippen LogP contribution in [-0.4, -0.2) is 45.1 Å². The van der Waals surface area contributed by atoms with Gasteiger partial charge in [-0.25, -0.2) is 14.4 Å². The average Bonchev–Trinajstić information content (AvgIpc) is 2.93. The molecule has 1 N–H and O–H groups in total. The van der Waals surface area contributed by atoms with Gasteiger partial charge in [0.2, 0.25) is 5.95 Å². The third-order valence-corrected chi connectivity index (χ3v) is 4.75. The molecule has 0 bridgehead atoms. The molecule has 4 rings (SSSR count). The van der Waals surface area contributed by atoms with Gasteiger partial charge in [0.05, 0.1) is 23.9 Å². The molecule has 130 valence electrons. The SMILES string of the molecule is O=C1c2cnc(N3CCC(O)CC3)nc2CN1Cc1ccc(F)cc1. The van der Waals surface area contributed by atoms with Crippen LogP contribution in [0.5, 0.6) is 0 Å². The Labute approximate surface area is 144 Å². The Morgan fingerprint density at radius 1 is 1.20 bits per heavy atom. The number of anilines is 1. The molecule has 2 aliphatic heterocycles.